The SMILES string of the molecule is CN=C(NCCc1ccc(S(C)(=O)=O)cc1)N(C)Cc1ccc(Br)cc1. The Morgan fingerprint density at radius 3 is 2.19 bits per heavy atom. The number of hydrogen-bond acceptors (Lipinski definition) is 3. The van der Waals surface area contributed by atoms with Gasteiger partial charge in [0.1, 0.15) is 0 Å². The second-order valence-corrected chi connectivity index (χ2v) is 9.05. The van der Waals surface area contributed by atoms with Gasteiger partial charge in [0.15, 0.2) is 15.8 Å². The van der Waals surface area contributed by atoms with Crippen LogP contribution in [-0.4, -0.2) is 46.2 Å². The van der Waals surface area contributed by atoms with Crippen LogP contribution in [0.25, 0.3) is 0 Å². The van der Waals surface area contributed by atoms with Crippen molar-refractivity contribution in [3.8, 4) is 0 Å². The zero-order chi connectivity index (χ0) is 19.2. The van der Waals surface area contributed by atoms with Gasteiger partial charge >= 0.3 is 0 Å². The molecule has 0 heterocycles. The first-order chi connectivity index (χ1) is 12.3. The predicted octanol–water partition coefficient (Wildman–Crippen LogP) is 3.10. The van der Waals surface area contributed by atoms with Gasteiger partial charge in [-0.3, -0.25) is 4.99 Å². The number of rotatable bonds is 6. The van der Waals surface area contributed by atoms with Crippen LogP contribution in [0.15, 0.2) is 62.9 Å². The van der Waals surface area contributed by atoms with Crippen molar-refractivity contribution < 1.29 is 8.42 Å². The molecule has 0 radical (unpaired) electrons. The minimum Gasteiger partial charge on any atom is -0.356 e. The maximum Gasteiger partial charge on any atom is 0.193 e. The van der Waals surface area contributed by atoms with Crippen molar-refractivity contribution in [2.24, 2.45) is 4.99 Å². The average Bonchev–Trinajstić information content (AvgIpc) is 2.60. The van der Waals surface area contributed by atoms with Crippen LogP contribution < -0.4 is 5.32 Å². The molecular weight excluding hydrogens is 414 g/mol. The van der Waals surface area contributed by atoms with E-state index in [0.717, 1.165) is 35.5 Å². The first-order valence-corrected chi connectivity index (χ1v) is 10.9. The standard InChI is InChI=1S/C19H24BrN3O2S/c1-21-19(23(2)14-16-4-8-17(20)9-5-16)22-13-12-15-6-10-18(11-7-15)26(3,24)25/h4-11H,12-14H2,1-3H3,(H,21,22). The van der Waals surface area contributed by atoms with Crippen LogP contribution in [0.3, 0.4) is 0 Å². The van der Waals surface area contributed by atoms with Crippen molar-refractivity contribution >= 4 is 31.7 Å². The molecule has 5 nitrogen and oxygen atoms in total. The molecule has 2 aromatic carbocycles. The molecule has 0 spiro atoms. The quantitative estimate of drug-likeness (QED) is 0.556. The van der Waals surface area contributed by atoms with Crippen molar-refractivity contribution in [1.29, 1.82) is 0 Å². The molecule has 0 atom stereocenters. The average molecular weight is 438 g/mol. The molecule has 26 heavy (non-hydrogen) atoms. The van der Waals surface area contributed by atoms with E-state index in [1.165, 1.54) is 11.8 Å². The van der Waals surface area contributed by atoms with Gasteiger partial charge in [-0.05, 0) is 41.8 Å². The Bertz CT molecular complexity index is 847. The summed E-state index contributed by atoms with van der Waals surface area (Å²) in [5, 5.41) is 3.34. The van der Waals surface area contributed by atoms with Gasteiger partial charge in [0.05, 0.1) is 4.90 Å². The predicted molar refractivity (Wildman–Crippen MR) is 110 cm³/mol. The molecule has 0 saturated carbocycles. The molecule has 7 heteroatoms. The van der Waals surface area contributed by atoms with E-state index in [1.54, 1.807) is 19.2 Å². The second-order valence-electron chi connectivity index (χ2n) is 6.12. The van der Waals surface area contributed by atoms with Gasteiger partial charge in [-0.2, -0.15) is 0 Å². The fraction of sp³-hybridized carbons (Fsp3) is 0.316. The molecule has 0 unspecified atom stereocenters. The van der Waals surface area contributed by atoms with Crippen LogP contribution >= 0.6 is 15.9 Å². The van der Waals surface area contributed by atoms with Gasteiger partial charge in [-0.25, -0.2) is 8.42 Å². The lowest BCUT2D eigenvalue weighted by atomic mass is 10.1. The van der Waals surface area contributed by atoms with E-state index in [4.69, 9.17) is 0 Å². The molecule has 0 amide bonds. The van der Waals surface area contributed by atoms with Gasteiger partial charge < -0.3 is 10.2 Å². The summed E-state index contributed by atoms with van der Waals surface area (Å²) in [7, 11) is 0.618. The molecule has 0 aliphatic heterocycles. The molecule has 0 aliphatic rings. The monoisotopic (exact) mass is 437 g/mol. The molecule has 0 fully saturated rings. The van der Waals surface area contributed by atoms with E-state index in [2.05, 4.69) is 43.3 Å². The highest BCUT2D eigenvalue weighted by Gasteiger charge is 2.08. The number of sulfone groups is 1. The van der Waals surface area contributed by atoms with Crippen molar-refractivity contribution in [2.75, 3.05) is 26.9 Å². The Balaban J connectivity index is 1.87. The summed E-state index contributed by atoms with van der Waals surface area (Å²) in [6.45, 7) is 1.48. The maximum absolute atomic E-state index is 11.5. The first-order valence-electron chi connectivity index (χ1n) is 8.25. The fourth-order valence-corrected chi connectivity index (χ4v) is 3.44. The van der Waals surface area contributed by atoms with E-state index in [9.17, 15) is 8.42 Å². The first kappa shape index (κ1) is 20.5. The highest BCUT2D eigenvalue weighted by atomic mass is 79.9. The summed E-state index contributed by atoms with van der Waals surface area (Å²) in [5.74, 6) is 0.820. The molecule has 2 rings (SSSR count). The van der Waals surface area contributed by atoms with Crippen LogP contribution in [0.5, 0.6) is 0 Å². The number of hydrogen-bond donors (Lipinski definition) is 1. The zero-order valence-electron chi connectivity index (χ0n) is 15.2. The van der Waals surface area contributed by atoms with Crippen LogP contribution in [0.1, 0.15) is 11.1 Å². The Morgan fingerprint density at radius 1 is 1.08 bits per heavy atom. The molecule has 0 aliphatic carbocycles. The lowest BCUT2D eigenvalue weighted by Crippen LogP contribution is -2.39. The topological polar surface area (TPSA) is 61.8 Å². The summed E-state index contributed by atoms with van der Waals surface area (Å²) in [4.78, 5) is 6.73. The van der Waals surface area contributed by atoms with Gasteiger partial charge in [0.2, 0.25) is 0 Å². The van der Waals surface area contributed by atoms with Crippen LogP contribution in [0.4, 0.5) is 0 Å². The zero-order valence-corrected chi connectivity index (χ0v) is 17.6. The summed E-state index contributed by atoms with van der Waals surface area (Å²) < 4.78 is 24.1. The number of halogens is 1. The summed E-state index contributed by atoms with van der Waals surface area (Å²) in [5.41, 5.74) is 2.28. The van der Waals surface area contributed by atoms with Crippen molar-refractivity contribution in [1.82, 2.24) is 10.2 Å². The molecule has 0 saturated heterocycles. The van der Waals surface area contributed by atoms with Crippen LogP contribution in [0.2, 0.25) is 0 Å². The normalized spacial score (nSPS) is 12.1. The fourth-order valence-electron chi connectivity index (χ4n) is 2.55. The number of aliphatic imine (C=N–C) groups is 1. The highest BCUT2D eigenvalue weighted by Crippen LogP contribution is 2.12. The maximum atomic E-state index is 11.5. The Hall–Kier alpha value is -1.86. The van der Waals surface area contributed by atoms with Crippen molar-refractivity contribution in [2.45, 2.75) is 17.9 Å². The van der Waals surface area contributed by atoms with Crippen LogP contribution in [0, 0.1) is 0 Å². The van der Waals surface area contributed by atoms with Gasteiger partial charge in [0.25, 0.3) is 0 Å². The second kappa shape index (κ2) is 9.19. The minimum atomic E-state index is -3.15. The lowest BCUT2D eigenvalue weighted by molar-refractivity contribution is 0.477. The summed E-state index contributed by atoms with van der Waals surface area (Å²) in [6, 6.07) is 15.2. The van der Waals surface area contributed by atoms with Crippen molar-refractivity contribution in [3.63, 3.8) is 0 Å². The minimum absolute atomic E-state index is 0.347. The van der Waals surface area contributed by atoms with E-state index in [1.807, 2.05) is 31.3 Å². The van der Waals surface area contributed by atoms with Crippen LogP contribution in [-0.2, 0) is 22.8 Å². The highest BCUT2D eigenvalue weighted by molar-refractivity contribution is 9.10. The smallest absolute Gasteiger partial charge is 0.193 e. The number of nitrogens with one attached hydrogen (secondary N) is 1. The van der Waals surface area contributed by atoms with E-state index < -0.39 is 9.84 Å². The van der Waals surface area contributed by atoms with Gasteiger partial charge in [-0.1, -0.05) is 40.2 Å². The molecule has 0 bridgehead atoms. The largest absolute Gasteiger partial charge is 0.356 e. The van der Waals surface area contributed by atoms with E-state index in [-0.39, 0.29) is 0 Å². The number of guanidine groups is 1. The Labute approximate surface area is 164 Å². The van der Waals surface area contributed by atoms with E-state index in [0.29, 0.717) is 4.90 Å². The number of nitrogens with zero attached hydrogens (tertiary/aromatic N) is 2. The summed E-state index contributed by atoms with van der Waals surface area (Å²) >= 11 is 3.44. The third-order valence-corrected chi connectivity index (χ3v) is 5.61. The van der Waals surface area contributed by atoms with E-state index >= 15 is 0 Å². The molecule has 1 N–H and O–H groups in total. The van der Waals surface area contributed by atoms with Gasteiger partial charge in [-0.15, -0.1) is 0 Å². The Morgan fingerprint density at radius 2 is 1.65 bits per heavy atom. The Kier molecular flexibility index (Phi) is 7.23. The van der Waals surface area contributed by atoms with Crippen molar-refractivity contribution in [3.05, 3.63) is 64.1 Å². The number of benzene rings is 2. The molecular formula is C19H24BrN3O2S. The summed E-state index contributed by atoms with van der Waals surface area (Å²) in [6.07, 6.45) is 2.00. The third-order valence-electron chi connectivity index (χ3n) is 3.95. The lowest BCUT2D eigenvalue weighted by Gasteiger charge is -2.22. The molecule has 0 aromatic heterocycles. The van der Waals surface area contributed by atoms with Gasteiger partial charge in [0, 0.05) is 37.9 Å². The third kappa shape index (κ3) is 6.14. The molecule has 2 aromatic rings. The molecule has 140 valence electrons.